The molecule has 3 aromatic rings. The Balaban J connectivity index is 1.89. The van der Waals surface area contributed by atoms with Crippen molar-refractivity contribution in [1.29, 1.82) is 0 Å². The first-order valence-electron chi connectivity index (χ1n) is 9.52. The van der Waals surface area contributed by atoms with Gasteiger partial charge >= 0.3 is 0 Å². The van der Waals surface area contributed by atoms with E-state index in [2.05, 4.69) is 10.3 Å². The number of nitrogens with one attached hydrogen (secondary N) is 1. The zero-order valence-corrected chi connectivity index (χ0v) is 18.1. The van der Waals surface area contributed by atoms with E-state index in [9.17, 15) is 13.2 Å². The predicted molar refractivity (Wildman–Crippen MR) is 117 cm³/mol. The van der Waals surface area contributed by atoms with Crippen LogP contribution < -0.4 is 5.32 Å². The van der Waals surface area contributed by atoms with Crippen LogP contribution in [0.15, 0.2) is 59.8 Å². The summed E-state index contributed by atoms with van der Waals surface area (Å²) in [6.45, 7) is 3.77. The number of aromatic nitrogens is 1. The summed E-state index contributed by atoms with van der Waals surface area (Å²) in [6.07, 6.45) is 3.16. The molecule has 1 amide bonds. The molecule has 0 saturated heterocycles. The van der Waals surface area contributed by atoms with Crippen LogP contribution in [-0.4, -0.2) is 50.4 Å². The molecule has 0 fully saturated rings. The summed E-state index contributed by atoms with van der Waals surface area (Å²) in [5.41, 5.74) is 2.65. The Kier molecular flexibility index (Phi) is 6.81. The maximum Gasteiger partial charge on any atom is 0.244 e. The first kappa shape index (κ1) is 21.9. The number of benzene rings is 2. The third-order valence-electron chi connectivity index (χ3n) is 4.78. The molecule has 0 saturated carbocycles. The number of carbonyl (C=O) groups excluding carboxylic acids is 1. The highest BCUT2D eigenvalue weighted by Crippen LogP contribution is 2.25. The van der Waals surface area contributed by atoms with Crippen molar-refractivity contribution >= 4 is 32.4 Å². The summed E-state index contributed by atoms with van der Waals surface area (Å²) in [5.74, 6) is -0.413. The van der Waals surface area contributed by atoms with Gasteiger partial charge in [0.15, 0.2) is 0 Å². The number of rotatable bonds is 8. The molecule has 1 aromatic heterocycles. The van der Waals surface area contributed by atoms with Crippen LogP contribution in [0.25, 0.3) is 10.8 Å². The molecule has 0 aliphatic rings. The first-order chi connectivity index (χ1) is 14.3. The van der Waals surface area contributed by atoms with Gasteiger partial charge in [-0.05, 0) is 37.6 Å². The number of aryl methyl sites for hydroxylation is 2. The second-order valence-corrected chi connectivity index (χ2v) is 8.96. The Morgan fingerprint density at radius 3 is 2.70 bits per heavy atom. The van der Waals surface area contributed by atoms with Crippen LogP contribution in [0.5, 0.6) is 0 Å². The molecule has 0 unspecified atom stereocenters. The standard InChI is InChI=1S/C22H25N3O4S/c1-16-7-8-20(17(2)13-16)24-22(26)15-25(11-12-29-3)30(27,28)21-6-4-5-18-14-23-10-9-19(18)21/h4-10,13-14H,11-12,15H2,1-3H3,(H,24,26). The van der Waals surface area contributed by atoms with E-state index in [4.69, 9.17) is 4.74 Å². The lowest BCUT2D eigenvalue weighted by molar-refractivity contribution is -0.116. The van der Waals surface area contributed by atoms with Gasteiger partial charge in [-0.1, -0.05) is 29.8 Å². The topological polar surface area (TPSA) is 88.6 Å². The minimum absolute atomic E-state index is 0.0562. The summed E-state index contributed by atoms with van der Waals surface area (Å²) >= 11 is 0. The van der Waals surface area contributed by atoms with E-state index in [-0.39, 0.29) is 24.6 Å². The maximum absolute atomic E-state index is 13.4. The predicted octanol–water partition coefficient (Wildman–Crippen LogP) is 3.13. The number of nitrogens with zero attached hydrogens (tertiary/aromatic N) is 2. The molecule has 158 valence electrons. The Morgan fingerprint density at radius 1 is 1.17 bits per heavy atom. The third kappa shape index (κ3) is 4.84. The van der Waals surface area contributed by atoms with E-state index in [1.807, 2.05) is 32.0 Å². The van der Waals surface area contributed by atoms with Gasteiger partial charge in [0.05, 0.1) is 18.0 Å². The highest BCUT2D eigenvalue weighted by molar-refractivity contribution is 7.89. The van der Waals surface area contributed by atoms with Gasteiger partial charge in [0.25, 0.3) is 0 Å². The Morgan fingerprint density at radius 2 is 1.97 bits per heavy atom. The number of hydrogen-bond acceptors (Lipinski definition) is 5. The molecule has 0 aliphatic carbocycles. The zero-order chi connectivity index (χ0) is 21.7. The highest BCUT2D eigenvalue weighted by atomic mass is 32.2. The van der Waals surface area contributed by atoms with E-state index >= 15 is 0 Å². The summed E-state index contributed by atoms with van der Waals surface area (Å²) in [4.78, 5) is 16.9. The van der Waals surface area contributed by atoms with Crippen LogP contribution in [0.4, 0.5) is 5.69 Å². The van der Waals surface area contributed by atoms with Crippen molar-refractivity contribution in [3.8, 4) is 0 Å². The Hall–Kier alpha value is -2.81. The number of ether oxygens (including phenoxy) is 1. The lowest BCUT2D eigenvalue weighted by Gasteiger charge is -2.22. The van der Waals surface area contributed by atoms with Crippen molar-refractivity contribution in [2.45, 2.75) is 18.7 Å². The first-order valence-corrected chi connectivity index (χ1v) is 11.0. The minimum Gasteiger partial charge on any atom is -0.383 e. The summed E-state index contributed by atoms with van der Waals surface area (Å²) in [7, 11) is -2.45. The fourth-order valence-corrected chi connectivity index (χ4v) is 4.83. The van der Waals surface area contributed by atoms with E-state index in [0.29, 0.717) is 16.5 Å². The van der Waals surface area contributed by atoms with Gasteiger partial charge < -0.3 is 10.1 Å². The summed E-state index contributed by atoms with van der Waals surface area (Å²) in [5, 5.41) is 4.08. The van der Waals surface area contributed by atoms with E-state index in [1.54, 1.807) is 36.7 Å². The molecule has 0 radical (unpaired) electrons. The smallest absolute Gasteiger partial charge is 0.244 e. The molecule has 8 heteroatoms. The van der Waals surface area contributed by atoms with Crippen molar-refractivity contribution in [1.82, 2.24) is 9.29 Å². The summed E-state index contributed by atoms with van der Waals surface area (Å²) < 4.78 is 33.1. The van der Waals surface area contributed by atoms with Crippen LogP contribution in [-0.2, 0) is 19.6 Å². The minimum atomic E-state index is -3.94. The van der Waals surface area contributed by atoms with Crippen molar-refractivity contribution in [3.63, 3.8) is 0 Å². The SMILES string of the molecule is COCCN(CC(=O)Nc1ccc(C)cc1C)S(=O)(=O)c1cccc2cnccc12. The number of sulfonamides is 1. The van der Waals surface area contributed by atoms with Gasteiger partial charge in [-0.2, -0.15) is 4.31 Å². The zero-order valence-electron chi connectivity index (χ0n) is 17.3. The average molecular weight is 428 g/mol. The molecular formula is C22H25N3O4S. The number of fused-ring (bicyclic) bond motifs is 1. The van der Waals surface area contributed by atoms with E-state index in [0.717, 1.165) is 15.4 Å². The molecule has 2 aromatic carbocycles. The monoisotopic (exact) mass is 427 g/mol. The molecule has 0 aliphatic heterocycles. The fraction of sp³-hybridized carbons (Fsp3) is 0.273. The normalized spacial score (nSPS) is 11.7. The van der Waals surface area contributed by atoms with Gasteiger partial charge in [0.2, 0.25) is 15.9 Å². The van der Waals surface area contributed by atoms with Crippen LogP contribution >= 0.6 is 0 Å². The van der Waals surface area contributed by atoms with Crippen molar-refractivity contribution < 1.29 is 17.9 Å². The molecule has 0 bridgehead atoms. The largest absolute Gasteiger partial charge is 0.383 e. The van der Waals surface area contributed by atoms with Crippen LogP contribution in [0.3, 0.4) is 0 Å². The molecule has 3 rings (SSSR count). The molecule has 1 N–H and O–H groups in total. The molecule has 7 nitrogen and oxygen atoms in total. The fourth-order valence-electron chi connectivity index (χ4n) is 3.24. The quantitative estimate of drug-likeness (QED) is 0.597. The van der Waals surface area contributed by atoms with E-state index < -0.39 is 15.9 Å². The van der Waals surface area contributed by atoms with Crippen LogP contribution in [0, 0.1) is 13.8 Å². The number of pyridine rings is 1. The second kappa shape index (κ2) is 9.34. The van der Waals surface area contributed by atoms with Crippen molar-refractivity contribution in [2.24, 2.45) is 0 Å². The van der Waals surface area contributed by atoms with Gasteiger partial charge in [0, 0.05) is 42.5 Å². The lowest BCUT2D eigenvalue weighted by atomic mass is 10.1. The van der Waals surface area contributed by atoms with Gasteiger partial charge in [-0.3, -0.25) is 9.78 Å². The molecular weight excluding hydrogens is 402 g/mol. The number of methoxy groups -OCH3 is 1. The number of anilines is 1. The number of hydrogen-bond donors (Lipinski definition) is 1. The lowest BCUT2D eigenvalue weighted by Crippen LogP contribution is -2.40. The Labute approximate surface area is 176 Å². The summed E-state index contributed by atoms with van der Waals surface area (Å²) in [6, 6.07) is 12.3. The van der Waals surface area contributed by atoms with Crippen molar-refractivity contribution in [3.05, 3.63) is 66.0 Å². The number of carbonyl (C=O) groups is 1. The molecule has 30 heavy (non-hydrogen) atoms. The molecule has 0 atom stereocenters. The van der Waals surface area contributed by atoms with Gasteiger partial charge in [0.1, 0.15) is 0 Å². The molecule has 0 spiro atoms. The van der Waals surface area contributed by atoms with Crippen LogP contribution in [0.2, 0.25) is 0 Å². The second-order valence-electron chi connectivity index (χ2n) is 7.05. The average Bonchev–Trinajstić information content (AvgIpc) is 2.72. The number of amides is 1. The van der Waals surface area contributed by atoms with Gasteiger partial charge in [-0.15, -0.1) is 0 Å². The molecule has 1 heterocycles. The van der Waals surface area contributed by atoms with E-state index in [1.165, 1.54) is 7.11 Å². The Bertz CT molecular complexity index is 1160. The van der Waals surface area contributed by atoms with Crippen molar-refractivity contribution in [2.75, 3.05) is 32.1 Å². The highest BCUT2D eigenvalue weighted by Gasteiger charge is 2.28. The van der Waals surface area contributed by atoms with Gasteiger partial charge in [-0.25, -0.2) is 8.42 Å². The van der Waals surface area contributed by atoms with Crippen LogP contribution in [0.1, 0.15) is 11.1 Å². The third-order valence-corrected chi connectivity index (χ3v) is 6.68. The maximum atomic E-state index is 13.4.